The van der Waals surface area contributed by atoms with Gasteiger partial charge in [0.25, 0.3) is 15.9 Å². The van der Waals surface area contributed by atoms with E-state index in [4.69, 9.17) is 0 Å². The summed E-state index contributed by atoms with van der Waals surface area (Å²) in [6, 6.07) is 3.10. The highest BCUT2D eigenvalue weighted by atomic mass is 32.2. The molecule has 0 bridgehead atoms. The first kappa shape index (κ1) is 23.0. The normalized spacial score (nSPS) is 19.2. The summed E-state index contributed by atoms with van der Waals surface area (Å²) in [5.74, 6) is -3.15. The number of hydrogen-bond donors (Lipinski definition) is 4. The second kappa shape index (κ2) is 9.62. The molecule has 1 saturated carbocycles. The Labute approximate surface area is 178 Å². The minimum Gasteiger partial charge on any atom is -0.318 e. The van der Waals surface area contributed by atoms with Gasteiger partial charge in [0, 0.05) is 18.8 Å². The van der Waals surface area contributed by atoms with Crippen LogP contribution in [0, 0.1) is 17.6 Å². The van der Waals surface area contributed by atoms with Crippen molar-refractivity contribution in [3.8, 4) is 0 Å². The molecule has 1 aliphatic carbocycles. The summed E-state index contributed by atoms with van der Waals surface area (Å²) in [5, 5.41) is 10.2. The second-order valence-corrected chi connectivity index (χ2v) is 9.75. The van der Waals surface area contributed by atoms with E-state index in [1.807, 2.05) is 0 Å². The molecule has 1 aliphatic rings. The van der Waals surface area contributed by atoms with Gasteiger partial charge in [-0.2, -0.15) is 13.5 Å². The highest BCUT2D eigenvalue weighted by molar-refractivity contribution is 7.83. The quantitative estimate of drug-likeness (QED) is 0.453. The number of primary sulfonamides is 1. The minimum atomic E-state index is -3.11. The molecule has 9 nitrogen and oxygen atoms in total. The lowest BCUT2D eigenvalue weighted by atomic mass is 9.86. The molecule has 6 N–H and O–H groups in total. The van der Waals surface area contributed by atoms with E-state index in [0.717, 1.165) is 43.9 Å². The summed E-state index contributed by atoms with van der Waals surface area (Å²) in [5.41, 5.74) is -0.682. The van der Waals surface area contributed by atoms with E-state index >= 15 is 0 Å². The molecule has 1 fully saturated rings. The van der Waals surface area contributed by atoms with Crippen molar-refractivity contribution >= 4 is 27.5 Å². The summed E-state index contributed by atoms with van der Waals surface area (Å²) in [6.45, 7) is 0.503. The fraction of sp³-hybridized carbons (Fsp3) is 0.421. The lowest BCUT2D eigenvalue weighted by molar-refractivity contribution is -0.599. The van der Waals surface area contributed by atoms with Crippen LogP contribution in [0.3, 0.4) is 0 Å². The molecule has 2 aromatic rings. The lowest BCUT2D eigenvalue weighted by Gasteiger charge is -2.25. The van der Waals surface area contributed by atoms with Gasteiger partial charge in [0.05, 0.1) is 30.7 Å². The van der Waals surface area contributed by atoms with E-state index in [1.54, 1.807) is 5.32 Å². The number of carbonyl (C=O) groups excluding carboxylic acids is 2. The number of aromatic nitrogens is 2. The molecular weight excluding hydrogens is 432 g/mol. The summed E-state index contributed by atoms with van der Waals surface area (Å²) < 4.78 is 51.5. The van der Waals surface area contributed by atoms with Crippen LogP contribution < -0.4 is 15.4 Å². The summed E-state index contributed by atoms with van der Waals surface area (Å²) in [7, 11) is -3.11. The van der Waals surface area contributed by atoms with Crippen LogP contribution in [0.4, 0.5) is 14.5 Å². The van der Waals surface area contributed by atoms with Crippen molar-refractivity contribution in [1.29, 1.82) is 0 Å². The minimum absolute atomic E-state index is 0.0119. The van der Waals surface area contributed by atoms with Crippen molar-refractivity contribution in [2.45, 2.75) is 31.7 Å². The second-order valence-electron chi connectivity index (χ2n) is 7.75. The molecule has 3 rings (SSSR count). The molecule has 168 valence electrons. The van der Waals surface area contributed by atoms with Gasteiger partial charge in [-0.15, -0.1) is 0 Å². The van der Waals surface area contributed by atoms with Gasteiger partial charge in [0.15, 0.2) is 5.69 Å². The first-order chi connectivity index (χ1) is 14.6. The maximum Gasteiger partial charge on any atom is 0.362 e. The number of carbonyl (C=O) groups is 2. The first-order valence-corrected chi connectivity index (χ1v) is 11.8. The number of nitrogens with zero attached hydrogens (tertiary/aromatic N) is 1. The number of hydrogen-bond acceptors (Lipinski definition) is 5. The number of nitrogens with two attached hydrogens (primary N) is 2. The summed E-state index contributed by atoms with van der Waals surface area (Å²) in [4.78, 5) is 25.0. The van der Waals surface area contributed by atoms with Gasteiger partial charge in [0.1, 0.15) is 17.2 Å². The smallest absolute Gasteiger partial charge is 0.318 e. The molecule has 0 spiro atoms. The van der Waals surface area contributed by atoms with Crippen LogP contribution in [-0.4, -0.2) is 49.3 Å². The lowest BCUT2D eigenvalue weighted by Crippen LogP contribution is -2.94. The van der Waals surface area contributed by atoms with Crippen LogP contribution >= 0.6 is 0 Å². The fourth-order valence-electron chi connectivity index (χ4n) is 3.67. The van der Waals surface area contributed by atoms with E-state index in [2.05, 4.69) is 15.5 Å². The number of quaternary nitrogens is 2. The molecule has 12 heteroatoms. The topological polar surface area (TPSA) is 142 Å². The number of benzene rings is 1. The Morgan fingerprint density at radius 1 is 1.19 bits per heavy atom. The van der Waals surface area contributed by atoms with E-state index in [9.17, 15) is 26.8 Å². The molecule has 1 heterocycles. The van der Waals surface area contributed by atoms with Gasteiger partial charge >= 0.3 is 5.91 Å². The van der Waals surface area contributed by atoms with E-state index < -0.39 is 33.1 Å². The van der Waals surface area contributed by atoms with E-state index in [-0.39, 0.29) is 29.2 Å². The first-order valence-electron chi connectivity index (χ1n) is 9.85. The number of aromatic amines is 1. The van der Waals surface area contributed by atoms with Crippen LogP contribution in [0.5, 0.6) is 0 Å². The number of rotatable bonds is 7. The van der Waals surface area contributed by atoms with Crippen LogP contribution in [0.25, 0.3) is 0 Å². The van der Waals surface area contributed by atoms with E-state index in [1.165, 1.54) is 17.2 Å². The Bertz CT molecular complexity index is 1040. The highest BCUT2D eigenvalue weighted by Gasteiger charge is 2.30. The molecule has 0 radical (unpaired) electrons. The third-order valence-electron chi connectivity index (χ3n) is 5.33. The molecule has 2 amide bonds. The highest BCUT2D eigenvalue weighted by Crippen LogP contribution is 2.22. The number of primary amides is 1. The molecule has 0 atom stereocenters. The predicted octanol–water partition coefficient (Wildman–Crippen LogP) is -0.274. The zero-order valence-electron chi connectivity index (χ0n) is 16.9. The molecule has 31 heavy (non-hydrogen) atoms. The number of halogens is 2. The zero-order chi connectivity index (χ0) is 22.6. The van der Waals surface area contributed by atoms with Crippen molar-refractivity contribution in [1.82, 2.24) is 10.2 Å². The van der Waals surface area contributed by atoms with Crippen molar-refractivity contribution in [3.63, 3.8) is 0 Å². The molecule has 0 aliphatic heterocycles. The number of nitrogens with one attached hydrogen (secondary N) is 2. The van der Waals surface area contributed by atoms with Gasteiger partial charge in [0.2, 0.25) is 0 Å². The Morgan fingerprint density at radius 2 is 1.84 bits per heavy atom. The maximum absolute atomic E-state index is 13.8. The van der Waals surface area contributed by atoms with Crippen molar-refractivity contribution in [2.75, 3.05) is 18.1 Å². The standard InChI is InChI=1S/C19H23F2N5O4S/c1-31(29,30)23-9-11-5-7-12(8-6-11)24-19(28)17-15(10-22-26-17)25-18(27)16-13(20)3-2-4-14(16)21/h2-4,10-12,23H,5-9H2,1H3,(H,22,26)(H,24,28)(H,25,27)/p+2. The Kier molecular flexibility index (Phi) is 7.13. The Hall–Kier alpha value is -2.70. The van der Waals surface area contributed by atoms with Gasteiger partial charge in [-0.3, -0.25) is 15.2 Å². The van der Waals surface area contributed by atoms with Crippen LogP contribution in [0.1, 0.15) is 46.5 Å². The van der Waals surface area contributed by atoms with Gasteiger partial charge in [-0.05, 0) is 25.0 Å². The average Bonchev–Trinajstić information content (AvgIpc) is 3.15. The Balaban J connectivity index is 1.57. The number of anilines is 1. The predicted molar refractivity (Wildman–Crippen MR) is 107 cm³/mol. The van der Waals surface area contributed by atoms with Gasteiger partial charge in [-0.25, -0.2) is 18.3 Å². The maximum atomic E-state index is 13.8. The van der Waals surface area contributed by atoms with Gasteiger partial charge < -0.3 is 5.32 Å². The van der Waals surface area contributed by atoms with Crippen molar-refractivity contribution < 1.29 is 36.8 Å². The molecule has 1 aromatic heterocycles. The number of H-pyrrole nitrogens is 1. The molecule has 0 saturated heterocycles. The average molecular weight is 458 g/mol. The number of sulfonamides is 1. The Morgan fingerprint density at radius 3 is 2.45 bits per heavy atom. The van der Waals surface area contributed by atoms with E-state index in [0.29, 0.717) is 6.54 Å². The van der Waals surface area contributed by atoms with Crippen molar-refractivity contribution in [3.05, 3.63) is 47.3 Å². The van der Waals surface area contributed by atoms with Crippen LogP contribution in [0.15, 0.2) is 24.4 Å². The largest absolute Gasteiger partial charge is 0.362 e. The number of amides is 2. The molecule has 1 aromatic carbocycles. The van der Waals surface area contributed by atoms with Crippen LogP contribution in [-0.2, 0) is 10.0 Å². The summed E-state index contributed by atoms with van der Waals surface area (Å²) >= 11 is 0. The third-order valence-corrected chi connectivity index (χ3v) is 6.13. The third kappa shape index (κ3) is 6.15. The molecular formula is C19H25F2N5O4S+2. The SMILES string of the molecule is CS(=O)(=O)[NH2+]CC1CCC([NH2+]C(=O)c2[nH]ncc2NC(=O)c2c(F)cccc2F)CC1. The zero-order valence-corrected chi connectivity index (χ0v) is 17.7. The van der Waals surface area contributed by atoms with Crippen LogP contribution in [0.2, 0.25) is 0 Å². The summed E-state index contributed by atoms with van der Waals surface area (Å²) in [6.07, 6.45) is 5.47. The molecule has 0 unspecified atom stereocenters. The van der Waals surface area contributed by atoms with Gasteiger partial charge in [-0.1, -0.05) is 6.07 Å². The fourth-order valence-corrected chi connectivity index (χ4v) is 4.29. The van der Waals surface area contributed by atoms with Crippen molar-refractivity contribution in [2.24, 2.45) is 5.92 Å². The monoisotopic (exact) mass is 457 g/mol.